The summed E-state index contributed by atoms with van der Waals surface area (Å²) in [6, 6.07) is 25.9. The topological polar surface area (TPSA) is 8.17 Å². The van der Waals surface area contributed by atoms with E-state index in [4.69, 9.17) is 0 Å². The fourth-order valence-corrected chi connectivity index (χ4v) is 9.78. The molecule has 306 valence electrons. The second-order valence-electron chi connectivity index (χ2n) is 20.4. The van der Waals surface area contributed by atoms with E-state index >= 15 is 0 Å². The molecule has 0 radical (unpaired) electrons. The highest BCUT2D eigenvalue weighted by Crippen LogP contribution is 2.45. The monoisotopic (exact) mass is 798 g/mol. The van der Waals surface area contributed by atoms with Crippen molar-refractivity contribution in [2.24, 2.45) is 17.3 Å². The molecule has 0 bridgehead atoms. The molecule has 0 saturated heterocycles. The lowest BCUT2D eigenvalue weighted by Gasteiger charge is -2.27. The second-order valence-corrected chi connectivity index (χ2v) is 21.3. The summed E-state index contributed by atoms with van der Waals surface area (Å²) >= 11 is 1.82. The molecule has 2 nitrogen and oxygen atoms in total. The van der Waals surface area contributed by atoms with Crippen molar-refractivity contribution in [3.63, 3.8) is 0 Å². The van der Waals surface area contributed by atoms with Gasteiger partial charge in [0.25, 0.3) is 0 Å². The fraction of sp³-hybridized carbons (Fsp3) is 0.357. The maximum absolute atomic E-state index is 4.07. The molecule has 1 atom stereocenters. The molecular weight excluding hydrogens is 733 g/mol. The molecule has 1 unspecified atom stereocenters. The van der Waals surface area contributed by atoms with Crippen LogP contribution < -0.4 is 4.90 Å². The van der Waals surface area contributed by atoms with Crippen LogP contribution in [0.3, 0.4) is 0 Å². The van der Waals surface area contributed by atoms with Crippen molar-refractivity contribution >= 4 is 60.2 Å². The predicted octanol–water partition coefficient (Wildman–Crippen LogP) is 17.0. The van der Waals surface area contributed by atoms with Gasteiger partial charge < -0.3 is 9.47 Å². The van der Waals surface area contributed by atoms with E-state index in [-0.39, 0.29) is 16.2 Å². The molecule has 0 fully saturated rings. The smallest absolute Gasteiger partial charge is 0.0641 e. The summed E-state index contributed by atoms with van der Waals surface area (Å²) in [5, 5.41) is 6.28. The van der Waals surface area contributed by atoms with Crippen LogP contribution >= 0.6 is 11.3 Å². The molecular formula is C56H66N2S. The van der Waals surface area contributed by atoms with E-state index in [1.807, 2.05) is 17.4 Å². The fourth-order valence-electron chi connectivity index (χ4n) is 8.86. The molecule has 4 aromatic carbocycles. The van der Waals surface area contributed by atoms with Crippen LogP contribution in [0.25, 0.3) is 43.2 Å². The number of thiophene rings is 1. The van der Waals surface area contributed by atoms with Gasteiger partial charge in [-0.25, -0.2) is 0 Å². The van der Waals surface area contributed by atoms with Crippen LogP contribution in [-0.4, -0.2) is 4.57 Å². The number of benzene rings is 4. The van der Waals surface area contributed by atoms with Gasteiger partial charge in [-0.15, -0.1) is 11.3 Å². The molecule has 6 aromatic rings. The summed E-state index contributed by atoms with van der Waals surface area (Å²) in [6.45, 7) is 36.4. The van der Waals surface area contributed by atoms with E-state index in [2.05, 4.69) is 216 Å². The highest BCUT2D eigenvalue weighted by molar-refractivity contribution is 7.17. The van der Waals surface area contributed by atoms with E-state index in [1.165, 1.54) is 87.8 Å². The molecule has 59 heavy (non-hydrogen) atoms. The van der Waals surface area contributed by atoms with Gasteiger partial charge in [0.05, 0.1) is 28.1 Å². The van der Waals surface area contributed by atoms with Gasteiger partial charge in [0.2, 0.25) is 0 Å². The van der Waals surface area contributed by atoms with E-state index in [9.17, 15) is 0 Å². The number of aryl methyl sites for hydroxylation is 1. The molecule has 0 saturated carbocycles. The van der Waals surface area contributed by atoms with Crippen LogP contribution in [0.4, 0.5) is 11.4 Å². The Balaban J connectivity index is 1.50. The molecule has 3 heteroatoms. The lowest BCUT2D eigenvalue weighted by molar-refractivity contribution is 0.471. The highest BCUT2D eigenvalue weighted by atomic mass is 32.1. The number of nitrogens with zero attached hydrogens (tertiary/aromatic N) is 2. The molecule has 7 rings (SSSR count). The van der Waals surface area contributed by atoms with Gasteiger partial charge in [-0.1, -0.05) is 131 Å². The number of anilines is 2. The largest absolute Gasteiger partial charge is 0.315 e. The first-order valence-electron chi connectivity index (χ1n) is 21.6. The Morgan fingerprint density at radius 2 is 1.46 bits per heavy atom. The summed E-state index contributed by atoms with van der Waals surface area (Å²) in [5.41, 5.74) is 16.8. The van der Waals surface area contributed by atoms with Gasteiger partial charge in [-0.2, -0.15) is 0 Å². The zero-order chi connectivity index (χ0) is 42.8. The van der Waals surface area contributed by atoms with E-state index in [0.29, 0.717) is 11.8 Å². The Labute approximate surface area is 359 Å². The summed E-state index contributed by atoms with van der Waals surface area (Å²) < 4.78 is 3.83. The van der Waals surface area contributed by atoms with Crippen LogP contribution in [-0.2, 0) is 10.8 Å². The van der Waals surface area contributed by atoms with Gasteiger partial charge >= 0.3 is 0 Å². The van der Waals surface area contributed by atoms with Gasteiger partial charge in [0.1, 0.15) is 0 Å². The SMILES string of the molecule is C=C/C=C(\C=C/N(c1cccc(-n2c3ccc(C(C)(C)C)cc3c3c(C)c(C4=C(C)C=CC(C(C)C)C4)ccc32)c1C)c1csc2ccc(C(C)(C)C)cc12)C(C)(C)C. The molecule has 1 aliphatic rings. The Hall–Kier alpha value is -4.86. The van der Waals surface area contributed by atoms with E-state index in [0.717, 1.165) is 12.1 Å². The molecule has 2 heterocycles. The number of allylic oxidation sites excluding steroid dienone is 8. The second kappa shape index (κ2) is 15.6. The van der Waals surface area contributed by atoms with E-state index < -0.39 is 0 Å². The van der Waals surface area contributed by atoms with Crippen molar-refractivity contribution in [3.8, 4) is 5.69 Å². The number of fused-ring (bicyclic) bond motifs is 4. The first kappa shape index (κ1) is 42.3. The minimum atomic E-state index is -0.0485. The van der Waals surface area contributed by atoms with Crippen molar-refractivity contribution < 1.29 is 0 Å². The van der Waals surface area contributed by atoms with Gasteiger partial charge in [-0.3, -0.25) is 0 Å². The third-order valence-corrected chi connectivity index (χ3v) is 13.7. The summed E-state index contributed by atoms with van der Waals surface area (Å²) in [6.07, 6.45) is 14.5. The third-order valence-electron chi connectivity index (χ3n) is 12.8. The number of hydrogen-bond acceptors (Lipinski definition) is 2. The zero-order valence-electron chi connectivity index (χ0n) is 38.3. The van der Waals surface area contributed by atoms with Crippen molar-refractivity contribution in [1.29, 1.82) is 0 Å². The van der Waals surface area contributed by atoms with E-state index in [1.54, 1.807) is 0 Å². The van der Waals surface area contributed by atoms with Crippen molar-refractivity contribution in [1.82, 2.24) is 4.57 Å². The van der Waals surface area contributed by atoms with Crippen molar-refractivity contribution in [2.45, 2.75) is 114 Å². The molecule has 0 aliphatic heterocycles. The summed E-state index contributed by atoms with van der Waals surface area (Å²) in [5.74, 6) is 1.15. The van der Waals surface area contributed by atoms with Gasteiger partial charge in [0.15, 0.2) is 0 Å². The predicted molar refractivity (Wildman–Crippen MR) is 263 cm³/mol. The van der Waals surface area contributed by atoms with Crippen LogP contribution in [0, 0.1) is 31.1 Å². The number of aromatic nitrogens is 1. The number of hydrogen-bond donors (Lipinski definition) is 0. The van der Waals surface area contributed by atoms with Crippen LogP contribution in [0.1, 0.15) is 117 Å². The zero-order valence-corrected chi connectivity index (χ0v) is 39.1. The van der Waals surface area contributed by atoms with Crippen molar-refractivity contribution in [3.05, 3.63) is 154 Å². The lowest BCUT2D eigenvalue weighted by Crippen LogP contribution is -2.14. The van der Waals surface area contributed by atoms with Gasteiger partial charge in [0, 0.05) is 32.4 Å². The summed E-state index contributed by atoms with van der Waals surface area (Å²) in [7, 11) is 0. The average Bonchev–Trinajstić information content (AvgIpc) is 3.73. The lowest BCUT2D eigenvalue weighted by atomic mass is 9.79. The maximum Gasteiger partial charge on any atom is 0.0641 e. The van der Waals surface area contributed by atoms with Gasteiger partial charge in [-0.05, 0) is 148 Å². The summed E-state index contributed by atoms with van der Waals surface area (Å²) in [4.78, 5) is 2.43. The molecule has 1 aliphatic carbocycles. The molecule has 0 spiro atoms. The minimum absolute atomic E-state index is 0.0245. The normalized spacial score (nSPS) is 15.8. The molecule has 0 amide bonds. The van der Waals surface area contributed by atoms with Crippen molar-refractivity contribution in [2.75, 3.05) is 4.90 Å². The Morgan fingerprint density at radius 1 is 0.797 bits per heavy atom. The van der Waals surface area contributed by atoms with Crippen LogP contribution in [0.5, 0.6) is 0 Å². The quantitative estimate of drug-likeness (QED) is 0.139. The minimum Gasteiger partial charge on any atom is -0.315 e. The van der Waals surface area contributed by atoms with Crippen LogP contribution in [0.2, 0.25) is 0 Å². The maximum atomic E-state index is 4.07. The molecule has 2 aromatic heterocycles. The Bertz CT molecular complexity index is 2710. The number of rotatable bonds is 8. The highest BCUT2D eigenvalue weighted by Gasteiger charge is 2.26. The standard InChI is InChI=1S/C56H66N2S/c1-16-18-40(54(7,8)9)29-30-57(51-34-59-52-28-24-42(32-45(51)52)56(13,14)15)47-19-17-20-48(38(47)6)58-49-26-23-41(55(10,11)12)33-46(49)53-37(5)43(25-27-50(53)58)44-31-39(35(2)3)22-21-36(44)4/h16-30,32-35,39H,1,31H2,2-15H3/b30-29-,40-18+. The Morgan fingerprint density at radius 3 is 2.10 bits per heavy atom. The molecule has 0 N–H and O–H groups in total. The first-order chi connectivity index (χ1) is 27.7. The van der Waals surface area contributed by atoms with Crippen LogP contribution in [0.15, 0.2) is 126 Å². The first-order valence-corrected chi connectivity index (χ1v) is 22.5. The average molecular weight is 799 g/mol. The third kappa shape index (κ3) is 7.96. The Kier molecular flexibility index (Phi) is 11.2.